The minimum absolute atomic E-state index is 0.764. The van der Waals surface area contributed by atoms with Gasteiger partial charge in [-0.15, -0.1) is 0 Å². The van der Waals surface area contributed by atoms with Gasteiger partial charge in [0.2, 0.25) is 0 Å². The number of hydrogen-bond donors (Lipinski definition) is 2. The average molecular weight is 316 g/mol. The van der Waals surface area contributed by atoms with Gasteiger partial charge in [0.1, 0.15) is 0 Å². The van der Waals surface area contributed by atoms with Crippen LogP contribution in [0.5, 0.6) is 0 Å². The third kappa shape index (κ3) is 5.94. The average Bonchev–Trinajstić information content (AvgIpc) is 3.12. The van der Waals surface area contributed by atoms with Crippen LogP contribution in [0.1, 0.15) is 18.9 Å². The van der Waals surface area contributed by atoms with E-state index in [9.17, 15) is 0 Å². The molecule has 0 amide bonds. The zero-order valence-electron chi connectivity index (χ0n) is 14.2. The van der Waals surface area contributed by atoms with Crippen LogP contribution in [-0.2, 0) is 11.3 Å². The maximum Gasteiger partial charge on any atom is 0.191 e. The van der Waals surface area contributed by atoms with Crippen LogP contribution in [0.4, 0.5) is 5.69 Å². The molecule has 5 heteroatoms. The summed E-state index contributed by atoms with van der Waals surface area (Å²) in [5, 5.41) is 6.67. The Morgan fingerprint density at radius 1 is 1.26 bits per heavy atom. The van der Waals surface area contributed by atoms with Crippen LogP contribution in [0.15, 0.2) is 41.4 Å². The van der Waals surface area contributed by atoms with Crippen LogP contribution >= 0.6 is 0 Å². The third-order valence-electron chi connectivity index (χ3n) is 3.74. The number of rotatable bonds is 8. The van der Waals surface area contributed by atoms with Crippen LogP contribution in [0.2, 0.25) is 0 Å². The maximum absolute atomic E-state index is 5.33. The normalized spacial score (nSPS) is 14.3. The number of nitrogens with one attached hydrogen (secondary N) is 2. The minimum Gasteiger partial charge on any atom is -0.382 e. The van der Waals surface area contributed by atoms with E-state index >= 15 is 0 Å². The minimum atomic E-state index is 0.764. The highest BCUT2D eigenvalue weighted by atomic mass is 16.5. The molecule has 0 bridgehead atoms. The van der Waals surface area contributed by atoms with Gasteiger partial charge in [-0.05, 0) is 31.0 Å². The lowest BCUT2D eigenvalue weighted by atomic mass is 10.2. The molecule has 2 N–H and O–H groups in total. The van der Waals surface area contributed by atoms with E-state index < -0.39 is 0 Å². The monoisotopic (exact) mass is 316 g/mol. The van der Waals surface area contributed by atoms with Crippen molar-refractivity contribution in [3.8, 4) is 0 Å². The van der Waals surface area contributed by atoms with Crippen molar-refractivity contribution in [2.75, 3.05) is 44.8 Å². The predicted molar refractivity (Wildman–Crippen MR) is 97.1 cm³/mol. The van der Waals surface area contributed by atoms with Gasteiger partial charge in [0.05, 0.1) is 0 Å². The highest BCUT2D eigenvalue weighted by molar-refractivity contribution is 5.79. The molecule has 1 heterocycles. The molecule has 0 saturated heterocycles. The summed E-state index contributed by atoms with van der Waals surface area (Å²) < 4.78 is 5.33. The highest BCUT2D eigenvalue weighted by Gasteiger charge is 2.08. The number of guanidine groups is 1. The van der Waals surface area contributed by atoms with E-state index in [0.29, 0.717) is 0 Å². The van der Waals surface area contributed by atoms with Crippen LogP contribution in [0.3, 0.4) is 0 Å². The van der Waals surface area contributed by atoms with Crippen molar-refractivity contribution in [1.29, 1.82) is 0 Å². The first-order chi connectivity index (χ1) is 11.3. The first kappa shape index (κ1) is 17.3. The molecule has 2 rings (SSSR count). The van der Waals surface area contributed by atoms with Gasteiger partial charge in [-0.25, -0.2) is 0 Å². The molecule has 1 aliphatic heterocycles. The molecule has 0 aromatic heterocycles. The second-order valence-electron chi connectivity index (χ2n) is 5.45. The highest BCUT2D eigenvalue weighted by Crippen LogP contribution is 2.18. The molecule has 0 atom stereocenters. The van der Waals surface area contributed by atoms with Gasteiger partial charge >= 0.3 is 0 Å². The Labute approximate surface area is 139 Å². The number of anilines is 1. The van der Waals surface area contributed by atoms with Gasteiger partial charge in [-0.3, -0.25) is 4.99 Å². The van der Waals surface area contributed by atoms with E-state index in [1.54, 1.807) is 7.05 Å². The van der Waals surface area contributed by atoms with Crippen molar-refractivity contribution in [2.45, 2.75) is 19.9 Å². The lowest BCUT2D eigenvalue weighted by molar-refractivity contribution is 0.145. The van der Waals surface area contributed by atoms with Gasteiger partial charge in [-0.2, -0.15) is 0 Å². The fraction of sp³-hybridized carbons (Fsp3) is 0.500. The van der Waals surface area contributed by atoms with Crippen LogP contribution < -0.4 is 15.5 Å². The van der Waals surface area contributed by atoms with Gasteiger partial charge in [-0.1, -0.05) is 24.3 Å². The van der Waals surface area contributed by atoms with E-state index in [-0.39, 0.29) is 0 Å². The Kier molecular flexibility index (Phi) is 7.46. The number of aliphatic imine (C=N–C) groups is 1. The van der Waals surface area contributed by atoms with Gasteiger partial charge < -0.3 is 20.3 Å². The van der Waals surface area contributed by atoms with E-state index in [2.05, 4.69) is 56.9 Å². The summed E-state index contributed by atoms with van der Waals surface area (Å²) in [4.78, 5) is 6.61. The lowest BCUT2D eigenvalue weighted by Gasteiger charge is -2.19. The third-order valence-corrected chi connectivity index (χ3v) is 3.74. The van der Waals surface area contributed by atoms with E-state index in [1.807, 2.05) is 6.92 Å². The Hall–Kier alpha value is -2.01. The topological polar surface area (TPSA) is 48.9 Å². The van der Waals surface area contributed by atoms with E-state index in [1.165, 1.54) is 11.3 Å². The molecule has 0 saturated carbocycles. The van der Waals surface area contributed by atoms with Gasteiger partial charge in [0.25, 0.3) is 0 Å². The summed E-state index contributed by atoms with van der Waals surface area (Å²) in [7, 11) is 1.80. The fourth-order valence-corrected chi connectivity index (χ4v) is 2.48. The first-order valence-corrected chi connectivity index (χ1v) is 8.34. The summed E-state index contributed by atoms with van der Waals surface area (Å²) in [5.41, 5.74) is 2.53. The number of nitrogens with zero attached hydrogens (tertiary/aromatic N) is 2. The Balaban J connectivity index is 1.76. The Morgan fingerprint density at radius 2 is 2.09 bits per heavy atom. The van der Waals surface area contributed by atoms with Crippen LogP contribution in [0, 0.1) is 0 Å². The molecule has 0 unspecified atom stereocenters. The second kappa shape index (κ2) is 9.90. The van der Waals surface area contributed by atoms with Crippen LogP contribution in [0.25, 0.3) is 0 Å². The quantitative estimate of drug-likeness (QED) is 0.334. The molecule has 0 aliphatic carbocycles. The van der Waals surface area contributed by atoms with Crippen molar-refractivity contribution in [1.82, 2.24) is 10.6 Å². The molecule has 126 valence electrons. The smallest absolute Gasteiger partial charge is 0.191 e. The summed E-state index contributed by atoms with van der Waals surface area (Å²) >= 11 is 0. The molecule has 0 spiro atoms. The number of ether oxygens (including phenoxy) is 1. The van der Waals surface area contributed by atoms with Gasteiger partial charge in [0.15, 0.2) is 5.96 Å². The maximum atomic E-state index is 5.33. The lowest BCUT2D eigenvalue weighted by Crippen LogP contribution is -2.37. The van der Waals surface area contributed by atoms with Crippen LogP contribution in [-0.4, -0.2) is 45.9 Å². The van der Waals surface area contributed by atoms with E-state index in [0.717, 1.165) is 51.8 Å². The molecule has 1 aliphatic rings. The summed E-state index contributed by atoms with van der Waals surface area (Å²) in [5.74, 6) is 0.828. The molecule has 1 aromatic rings. The molecule has 5 nitrogen and oxygen atoms in total. The molecule has 23 heavy (non-hydrogen) atoms. The summed E-state index contributed by atoms with van der Waals surface area (Å²) in [6, 6.07) is 8.66. The zero-order valence-corrected chi connectivity index (χ0v) is 14.2. The molecular formula is C18H28N4O. The second-order valence-corrected chi connectivity index (χ2v) is 5.45. The summed E-state index contributed by atoms with van der Waals surface area (Å²) in [6.45, 7) is 7.20. The van der Waals surface area contributed by atoms with Crippen molar-refractivity contribution >= 4 is 11.6 Å². The molecule has 0 radical (unpaired) electrons. The van der Waals surface area contributed by atoms with Crippen molar-refractivity contribution in [2.24, 2.45) is 4.99 Å². The predicted octanol–water partition coefficient (Wildman–Crippen LogP) is 2.15. The first-order valence-electron chi connectivity index (χ1n) is 8.34. The molecular weight excluding hydrogens is 288 g/mol. The van der Waals surface area contributed by atoms with Crippen molar-refractivity contribution in [3.05, 3.63) is 42.0 Å². The Bertz CT molecular complexity index is 520. The molecule has 1 aromatic carbocycles. The largest absolute Gasteiger partial charge is 0.382 e. The number of hydrogen-bond acceptors (Lipinski definition) is 3. The Morgan fingerprint density at radius 3 is 2.83 bits per heavy atom. The standard InChI is InChI=1S/C18H28N4O/c1-3-23-13-7-10-20-18(19-2)21-15-16-8-6-9-17(14-16)22-11-4-5-12-22/h4-6,8-9,14H,3,7,10-13,15H2,1-2H3,(H2,19,20,21). The summed E-state index contributed by atoms with van der Waals surface area (Å²) in [6.07, 6.45) is 5.39. The number of benzene rings is 1. The van der Waals surface area contributed by atoms with Crippen molar-refractivity contribution in [3.63, 3.8) is 0 Å². The van der Waals surface area contributed by atoms with Crippen molar-refractivity contribution < 1.29 is 4.74 Å². The molecule has 0 fully saturated rings. The fourth-order valence-electron chi connectivity index (χ4n) is 2.48. The van der Waals surface area contributed by atoms with E-state index in [4.69, 9.17) is 4.74 Å². The SMILES string of the molecule is CCOCCCNC(=NC)NCc1cccc(N2CC=CC2)c1. The van der Waals surface area contributed by atoms with Gasteiger partial charge in [0, 0.05) is 52.1 Å². The zero-order chi connectivity index (χ0) is 16.3.